The summed E-state index contributed by atoms with van der Waals surface area (Å²) in [5, 5.41) is 16.5. The zero-order valence-electron chi connectivity index (χ0n) is 8.46. The van der Waals surface area contributed by atoms with Crippen molar-refractivity contribution >= 4 is 29.1 Å². The zero-order valence-corrected chi connectivity index (χ0v) is 10.1. The van der Waals surface area contributed by atoms with Crippen LogP contribution in [-0.2, 0) is 5.75 Å². The van der Waals surface area contributed by atoms with E-state index in [0.717, 1.165) is 10.4 Å². The van der Waals surface area contributed by atoms with E-state index in [2.05, 4.69) is 10.2 Å². The van der Waals surface area contributed by atoms with Crippen LogP contribution in [0, 0.1) is 5.82 Å². The molecule has 17 heavy (non-hydrogen) atoms. The Labute approximate surface area is 105 Å². The van der Waals surface area contributed by atoms with Crippen molar-refractivity contribution in [2.75, 3.05) is 0 Å². The van der Waals surface area contributed by atoms with Gasteiger partial charge in [0.2, 0.25) is 0 Å². The van der Waals surface area contributed by atoms with Gasteiger partial charge in [-0.3, -0.25) is 0 Å². The van der Waals surface area contributed by atoms with E-state index in [1.165, 1.54) is 35.2 Å². The molecule has 7 heteroatoms. The Bertz CT molecular complexity index is 531. The molecule has 1 aromatic carbocycles. The van der Waals surface area contributed by atoms with E-state index in [1.807, 2.05) is 0 Å². The van der Waals surface area contributed by atoms with Crippen LogP contribution in [0.15, 0.2) is 28.0 Å². The van der Waals surface area contributed by atoms with Crippen molar-refractivity contribution in [2.45, 2.75) is 10.1 Å². The van der Waals surface area contributed by atoms with Gasteiger partial charge in [0.15, 0.2) is 4.34 Å². The lowest BCUT2D eigenvalue weighted by molar-refractivity contribution is 0.0695. The first-order valence-corrected chi connectivity index (χ1v) is 6.44. The third-order valence-electron chi connectivity index (χ3n) is 1.99. The first kappa shape index (κ1) is 12.0. The average molecular weight is 270 g/mol. The zero-order chi connectivity index (χ0) is 12.3. The summed E-state index contributed by atoms with van der Waals surface area (Å²) in [6, 6.07) is 3.76. The molecule has 2 rings (SSSR count). The van der Waals surface area contributed by atoms with Gasteiger partial charge in [-0.25, -0.2) is 9.18 Å². The molecule has 0 aliphatic rings. The summed E-state index contributed by atoms with van der Waals surface area (Å²) in [6.07, 6.45) is 0. The molecule has 0 saturated carbocycles. The highest BCUT2D eigenvalue weighted by Crippen LogP contribution is 2.25. The van der Waals surface area contributed by atoms with Gasteiger partial charge in [0.05, 0.1) is 5.56 Å². The highest BCUT2D eigenvalue weighted by atomic mass is 32.2. The minimum Gasteiger partial charge on any atom is -0.478 e. The summed E-state index contributed by atoms with van der Waals surface area (Å²) in [5.74, 6) is -1.25. The number of thioether (sulfide) groups is 1. The van der Waals surface area contributed by atoms with Gasteiger partial charge in [-0.2, -0.15) is 0 Å². The summed E-state index contributed by atoms with van der Waals surface area (Å²) in [4.78, 5) is 10.9. The molecule has 1 N–H and O–H groups in total. The number of carbonyl (C=O) groups is 1. The van der Waals surface area contributed by atoms with E-state index < -0.39 is 11.8 Å². The summed E-state index contributed by atoms with van der Waals surface area (Å²) >= 11 is 2.76. The van der Waals surface area contributed by atoms with Gasteiger partial charge >= 0.3 is 5.97 Å². The Morgan fingerprint density at radius 1 is 1.53 bits per heavy atom. The molecule has 0 spiro atoms. The molecule has 0 aliphatic heterocycles. The Hall–Kier alpha value is -1.47. The number of aromatic nitrogens is 2. The molecule has 4 nitrogen and oxygen atoms in total. The van der Waals surface area contributed by atoms with Gasteiger partial charge in [0.1, 0.15) is 11.3 Å². The number of carboxylic acid groups (broad SMARTS) is 1. The number of benzene rings is 1. The van der Waals surface area contributed by atoms with E-state index in [1.54, 1.807) is 5.51 Å². The summed E-state index contributed by atoms with van der Waals surface area (Å²) in [7, 11) is 0. The second kappa shape index (κ2) is 5.24. The van der Waals surface area contributed by atoms with Crippen molar-refractivity contribution in [1.29, 1.82) is 0 Å². The van der Waals surface area contributed by atoms with Crippen LogP contribution < -0.4 is 0 Å². The first-order valence-electron chi connectivity index (χ1n) is 4.57. The molecule has 88 valence electrons. The fraction of sp³-hybridized carbons (Fsp3) is 0.100. The second-order valence-corrected chi connectivity index (χ2v) is 5.16. The van der Waals surface area contributed by atoms with Gasteiger partial charge in [-0.1, -0.05) is 29.2 Å². The van der Waals surface area contributed by atoms with Crippen LogP contribution in [0.5, 0.6) is 0 Å². The molecule has 0 atom stereocenters. The second-order valence-electron chi connectivity index (χ2n) is 3.10. The molecule has 0 amide bonds. The number of aromatic carboxylic acids is 1. The smallest absolute Gasteiger partial charge is 0.336 e. The lowest BCUT2D eigenvalue weighted by Crippen LogP contribution is -2.02. The maximum absolute atomic E-state index is 12.9. The molecule has 0 fully saturated rings. The number of hydrogen-bond donors (Lipinski definition) is 1. The van der Waals surface area contributed by atoms with Crippen LogP contribution in [0.2, 0.25) is 0 Å². The van der Waals surface area contributed by atoms with Crippen LogP contribution in [-0.4, -0.2) is 21.3 Å². The Morgan fingerprint density at radius 2 is 2.35 bits per heavy atom. The standard InChI is InChI=1S/C10H7FN2O2S2/c11-7-2-1-6(8(3-7)9(14)15)4-16-10-13-12-5-17-10/h1-3,5H,4H2,(H,14,15). The lowest BCUT2D eigenvalue weighted by atomic mass is 10.1. The Kier molecular flexibility index (Phi) is 3.70. The monoisotopic (exact) mass is 270 g/mol. The van der Waals surface area contributed by atoms with Crippen molar-refractivity contribution < 1.29 is 14.3 Å². The molecule has 0 radical (unpaired) electrons. The normalized spacial score (nSPS) is 10.4. The number of hydrogen-bond acceptors (Lipinski definition) is 5. The average Bonchev–Trinajstić information content (AvgIpc) is 2.80. The predicted octanol–water partition coefficient (Wildman–Crippen LogP) is 2.67. The van der Waals surface area contributed by atoms with Gasteiger partial charge in [0.25, 0.3) is 0 Å². The third kappa shape index (κ3) is 3.01. The van der Waals surface area contributed by atoms with Gasteiger partial charge in [0, 0.05) is 5.75 Å². The van der Waals surface area contributed by atoms with E-state index in [9.17, 15) is 9.18 Å². The summed E-state index contributed by atoms with van der Waals surface area (Å²) in [5.41, 5.74) is 2.16. The van der Waals surface area contributed by atoms with Crippen LogP contribution in [0.4, 0.5) is 4.39 Å². The molecule has 2 aromatic rings. The van der Waals surface area contributed by atoms with Crippen molar-refractivity contribution in [3.8, 4) is 0 Å². The maximum Gasteiger partial charge on any atom is 0.336 e. The van der Waals surface area contributed by atoms with Gasteiger partial charge in [-0.05, 0) is 17.7 Å². The lowest BCUT2D eigenvalue weighted by Gasteiger charge is -2.04. The molecule has 1 heterocycles. The number of nitrogens with zero attached hydrogens (tertiary/aromatic N) is 2. The highest BCUT2D eigenvalue weighted by molar-refractivity contribution is 8.00. The molecular weight excluding hydrogens is 263 g/mol. The largest absolute Gasteiger partial charge is 0.478 e. The number of rotatable bonds is 4. The summed E-state index contributed by atoms with van der Waals surface area (Å²) < 4.78 is 13.7. The minimum absolute atomic E-state index is 0.0120. The molecule has 0 bridgehead atoms. The molecule has 0 saturated heterocycles. The van der Waals surface area contributed by atoms with Crippen molar-refractivity contribution in [3.63, 3.8) is 0 Å². The van der Waals surface area contributed by atoms with Crippen LogP contribution in [0.25, 0.3) is 0 Å². The first-order chi connectivity index (χ1) is 8.16. The summed E-state index contributed by atoms with van der Waals surface area (Å²) in [6.45, 7) is 0. The van der Waals surface area contributed by atoms with Crippen LogP contribution >= 0.6 is 23.1 Å². The van der Waals surface area contributed by atoms with E-state index >= 15 is 0 Å². The molecule has 1 aromatic heterocycles. The Balaban J connectivity index is 2.17. The third-order valence-corrected chi connectivity index (χ3v) is 3.90. The fourth-order valence-corrected chi connectivity index (χ4v) is 2.73. The quantitative estimate of drug-likeness (QED) is 0.865. The predicted molar refractivity (Wildman–Crippen MR) is 62.8 cm³/mol. The topological polar surface area (TPSA) is 63.1 Å². The van der Waals surface area contributed by atoms with Gasteiger partial charge in [-0.15, -0.1) is 10.2 Å². The number of carboxylic acids is 1. The highest BCUT2D eigenvalue weighted by Gasteiger charge is 2.12. The van der Waals surface area contributed by atoms with E-state index in [-0.39, 0.29) is 5.56 Å². The fourth-order valence-electron chi connectivity index (χ4n) is 1.24. The SMILES string of the molecule is O=C(O)c1cc(F)ccc1CSc1nncs1. The molecule has 0 unspecified atom stereocenters. The molecule has 0 aliphatic carbocycles. The minimum atomic E-state index is -1.13. The van der Waals surface area contributed by atoms with Crippen molar-refractivity contribution in [2.24, 2.45) is 0 Å². The Morgan fingerprint density at radius 3 is 3.00 bits per heavy atom. The van der Waals surface area contributed by atoms with E-state index in [4.69, 9.17) is 5.11 Å². The van der Waals surface area contributed by atoms with E-state index in [0.29, 0.717) is 11.3 Å². The maximum atomic E-state index is 12.9. The van der Waals surface area contributed by atoms with Gasteiger partial charge < -0.3 is 5.11 Å². The van der Waals surface area contributed by atoms with Crippen molar-refractivity contribution in [3.05, 3.63) is 40.7 Å². The van der Waals surface area contributed by atoms with Crippen LogP contribution in [0.1, 0.15) is 15.9 Å². The molecular formula is C10H7FN2O2S2. The van der Waals surface area contributed by atoms with Crippen molar-refractivity contribution in [1.82, 2.24) is 10.2 Å². The number of halogens is 1. The van der Waals surface area contributed by atoms with Crippen LogP contribution in [0.3, 0.4) is 0 Å².